The van der Waals surface area contributed by atoms with E-state index in [4.69, 9.17) is 47.6 Å². The fourth-order valence-electron chi connectivity index (χ4n) is 5.60. The summed E-state index contributed by atoms with van der Waals surface area (Å²) in [5, 5.41) is 68.0. The highest BCUT2D eigenvalue weighted by Gasteiger charge is 2.51. The lowest BCUT2D eigenvalue weighted by Crippen LogP contribution is -2.69. The molecule has 18 nitrogen and oxygen atoms in total. The zero-order valence-corrected chi connectivity index (χ0v) is 24.1. The van der Waals surface area contributed by atoms with Crippen molar-refractivity contribution in [1.82, 2.24) is 10.6 Å². The summed E-state index contributed by atoms with van der Waals surface area (Å²) < 4.78 is 23.8. The summed E-state index contributed by atoms with van der Waals surface area (Å²) in [6, 6.07) is -3.57. The molecule has 0 radical (unpaired) electrons. The molecule has 1 saturated carbocycles. The Morgan fingerprint density at radius 3 is 2.26 bits per heavy atom. The van der Waals surface area contributed by atoms with E-state index in [2.05, 4.69) is 10.6 Å². The maximum absolute atomic E-state index is 12.5. The van der Waals surface area contributed by atoms with Gasteiger partial charge in [0.15, 0.2) is 12.6 Å². The fourth-order valence-corrected chi connectivity index (χ4v) is 5.60. The van der Waals surface area contributed by atoms with Crippen molar-refractivity contribution in [3.63, 3.8) is 0 Å². The summed E-state index contributed by atoms with van der Waals surface area (Å²) in [7, 11) is 0. The van der Waals surface area contributed by atoms with Gasteiger partial charge >= 0.3 is 0 Å². The predicted octanol–water partition coefficient (Wildman–Crippen LogP) is -7.45. The van der Waals surface area contributed by atoms with Crippen molar-refractivity contribution in [2.75, 3.05) is 32.8 Å². The van der Waals surface area contributed by atoms with Crippen molar-refractivity contribution in [3.8, 4) is 0 Å². The minimum absolute atomic E-state index is 0.0172. The first kappa shape index (κ1) is 36.3. The van der Waals surface area contributed by atoms with Crippen LogP contribution in [0.2, 0.25) is 0 Å². The first-order valence-corrected chi connectivity index (χ1v) is 14.7. The Kier molecular flexibility index (Phi) is 14.3. The zero-order valence-electron chi connectivity index (χ0n) is 24.1. The van der Waals surface area contributed by atoms with Crippen molar-refractivity contribution in [2.24, 2.45) is 28.7 Å². The maximum atomic E-state index is 12.5. The van der Waals surface area contributed by atoms with Crippen LogP contribution in [-0.4, -0.2) is 161 Å². The molecule has 18 N–H and O–H groups in total. The van der Waals surface area contributed by atoms with Crippen LogP contribution < -0.4 is 39.3 Å². The van der Waals surface area contributed by atoms with Gasteiger partial charge in [0.1, 0.15) is 42.7 Å². The molecule has 0 spiro atoms. The van der Waals surface area contributed by atoms with E-state index in [0.29, 0.717) is 25.8 Å². The Hall–Kier alpha value is -1.17. The van der Waals surface area contributed by atoms with Crippen LogP contribution in [-0.2, 0) is 23.7 Å². The smallest absolute Gasteiger partial charge is 0.250 e. The molecule has 1 aliphatic carbocycles. The van der Waals surface area contributed by atoms with Crippen molar-refractivity contribution >= 4 is 5.91 Å². The number of hydrogen-bond donors (Lipinski definition) is 13. The van der Waals surface area contributed by atoms with Crippen molar-refractivity contribution < 1.29 is 54.4 Å². The monoisotopic (exact) mass is 625 g/mol. The van der Waals surface area contributed by atoms with Gasteiger partial charge < -0.3 is 88.9 Å². The molecular weight excluding hydrogens is 574 g/mol. The van der Waals surface area contributed by atoms with Crippen LogP contribution in [0.25, 0.3) is 0 Å². The van der Waals surface area contributed by atoms with Gasteiger partial charge in [0.05, 0.1) is 36.9 Å². The van der Waals surface area contributed by atoms with E-state index in [1.54, 1.807) is 0 Å². The average molecular weight is 626 g/mol. The van der Waals surface area contributed by atoms with E-state index < -0.39 is 98.1 Å². The molecule has 0 bridgehead atoms. The SMILES string of the molecule is NCCC(O)CN[C@@H]1CC[C@@H](CN)O[C@@H]1OC1[C@@H](N)C[C@@H](NC(=O)[C@@H](O)CN)[C@H](O[C@H]2O[C@H](CO)[C@@H](O)[C@H](N)[C@H]2O)[C@H]1O. The number of ether oxygens (including phenoxy) is 4. The van der Waals surface area contributed by atoms with Crippen molar-refractivity contribution in [3.05, 3.63) is 0 Å². The number of nitrogens with one attached hydrogen (secondary N) is 2. The highest BCUT2D eigenvalue weighted by atomic mass is 16.7. The first-order valence-electron chi connectivity index (χ1n) is 14.7. The predicted molar refractivity (Wildman–Crippen MR) is 149 cm³/mol. The highest BCUT2D eigenvalue weighted by molar-refractivity contribution is 5.81. The Morgan fingerprint density at radius 2 is 1.63 bits per heavy atom. The Bertz CT molecular complexity index is 851. The summed E-state index contributed by atoms with van der Waals surface area (Å²) in [6.07, 6.45) is -11.7. The fraction of sp³-hybridized carbons (Fsp3) is 0.960. The molecule has 1 amide bonds. The van der Waals surface area contributed by atoms with Gasteiger partial charge in [-0.05, 0) is 32.2 Å². The molecule has 252 valence electrons. The molecule has 0 aromatic rings. The third-order valence-corrected chi connectivity index (χ3v) is 8.22. The van der Waals surface area contributed by atoms with E-state index in [1.165, 1.54) is 0 Å². The normalized spacial score (nSPS) is 41.9. The average Bonchev–Trinajstić information content (AvgIpc) is 2.99. The highest BCUT2D eigenvalue weighted by Crippen LogP contribution is 2.32. The van der Waals surface area contributed by atoms with Crippen LogP contribution in [0.15, 0.2) is 0 Å². The van der Waals surface area contributed by atoms with Gasteiger partial charge in [-0.25, -0.2) is 0 Å². The molecule has 3 fully saturated rings. The van der Waals surface area contributed by atoms with Gasteiger partial charge in [0, 0.05) is 25.7 Å². The summed E-state index contributed by atoms with van der Waals surface area (Å²) in [5.74, 6) is -0.841. The van der Waals surface area contributed by atoms with Crippen LogP contribution >= 0.6 is 0 Å². The van der Waals surface area contributed by atoms with Crippen molar-refractivity contribution in [2.45, 2.75) is 117 Å². The van der Waals surface area contributed by atoms with Crippen LogP contribution in [0.4, 0.5) is 0 Å². The molecule has 2 aliphatic heterocycles. The standard InChI is InChI=1S/C25H51N7O11/c26-4-3-10(34)8-31-13-2-1-11(6-27)40-24(13)42-21-12(29)5-14(32-23(39)15(35)7-28)22(20(21)38)43-25-19(37)17(30)18(36)16(9-33)41-25/h10-22,24-25,31,33-38H,1-9,26-30H2,(H,32,39)/t10?,11-,12-,13+,14+,15-,16+,17-,18+,19+,20-,21?,22-,24+,25+/m0/s1. The maximum Gasteiger partial charge on any atom is 0.250 e. The van der Waals surface area contributed by atoms with Gasteiger partial charge in [-0.3, -0.25) is 4.79 Å². The van der Waals surface area contributed by atoms with Gasteiger partial charge in [-0.1, -0.05) is 0 Å². The molecule has 2 heterocycles. The minimum Gasteiger partial charge on any atom is -0.394 e. The number of aliphatic hydroxyl groups is 6. The van der Waals surface area contributed by atoms with E-state index in [-0.39, 0.29) is 32.2 Å². The van der Waals surface area contributed by atoms with E-state index >= 15 is 0 Å². The second-order valence-electron chi connectivity index (χ2n) is 11.4. The lowest BCUT2D eigenvalue weighted by molar-refractivity contribution is -0.314. The molecule has 3 aliphatic rings. The molecule has 0 aromatic heterocycles. The molecule has 43 heavy (non-hydrogen) atoms. The summed E-state index contributed by atoms with van der Waals surface area (Å²) in [6.45, 7) is -0.249. The molecule has 2 unspecified atom stereocenters. The number of rotatable bonds is 14. The second-order valence-corrected chi connectivity index (χ2v) is 11.4. The van der Waals surface area contributed by atoms with Gasteiger partial charge in [-0.2, -0.15) is 0 Å². The number of carbonyl (C=O) groups is 1. The molecule has 15 atom stereocenters. The lowest BCUT2D eigenvalue weighted by atomic mass is 9.83. The summed E-state index contributed by atoms with van der Waals surface area (Å²) in [4.78, 5) is 12.5. The van der Waals surface area contributed by atoms with E-state index in [9.17, 15) is 35.4 Å². The van der Waals surface area contributed by atoms with Crippen LogP contribution in [0.1, 0.15) is 25.7 Å². The first-order chi connectivity index (χ1) is 20.4. The third-order valence-electron chi connectivity index (χ3n) is 8.22. The zero-order chi connectivity index (χ0) is 31.8. The quantitative estimate of drug-likeness (QED) is 0.0852. The van der Waals surface area contributed by atoms with Crippen LogP contribution in [0.5, 0.6) is 0 Å². The molecule has 3 rings (SSSR count). The molecule has 2 saturated heterocycles. The van der Waals surface area contributed by atoms with Crippen LogP contribution in [0, 0.1) is 0 Å². The summed E-state index contributed by atoms with van der Waals surface area (Å²) in [5.41, 5.74) is 29.2. The van der Waals surface area contributed by atoms with Crippen molar-refractivity contribution in [1.29, 1.82) is 0 Å². The number of aliphatic hydroxyl groups excluding tert-OH is 6. The Labute approximate surface area is 250 Å². The largest absolute Gasteiger partial charge is 0.394 e. The van der Waals surface area contributed by atoms with Gasteiger partial charge in [0.2, 0.25) is 5.91 Å². The van der Waals surface area contributed by atoms with E-state index in [1.807, 2.05) is 0 Å². The molecule has 18 heteroatoms. The minimum atomic E-state index is -1.58. The molecule has 0 aromatic carbocycles. The molecular formula is C25H51N7O11. The number of amides is 1. The van der Waals surface area contributed by atoms with Gasteiger partial charge in [-0.15, -0.1) is 0 Å². The number of hydrogen-bond acceptors (Lipinski definition) is 17. The number of carbonyl (C=O) groups excluding carboxylic acids is 1. The number of nitrogens with two attached hydrogens (primary N) is 5. The second kappa shape index (κ2) is 16.9. The third kappa shape index (κ3) is 9.19. The van der Waals surface area contributed by atoms with E-state index in [0.717, 1.165) is 0 Å². The topological polar surface area (TPSA) is 330 Å². The Balaban J connectivity index is 1.83. The van der Waals surface area contributed by atoms with Crippen LogP contribution in [0.3, 0.4) is 0 Å². The summed E-state index contributed by atoms with van der Waals surface area (Å²) >= 11 is 0. The van der Waals surface area contributed by atoms with Gasteiger partial charge in [0.25, 0.3) is 0 Å². The Morgan fingerprint density at radius 1 is 0.930 bits per heavy atom. The lowest BCUT2D eigenvalue weighted by Gasteiger charge is -2.48.